The van der Waals surface area contributed by atoms with Crippen LogP contribution in [0.25, 0.3) is 0 Å². The van der Waals surface area contributed by atoms with Crippen LogP contribution in [0, 0.1) is 0 Å². The maximum absolute atomic E-state index is 5.01. The van der Waals surface area contributed by atoms with Crippen molar-refractivity contribution in [1.82, 2.24) is 14.5 Å². The SMILES string of the molecule is COCCN(C)CCNc1nccn1C. The standard InChI is InChI=1S/C10H20N4O/c1-13(8-9-15-3)6-4-11-10-12-5-7-14(10)2/h5,7H,4,6,8-9H2,1-3H3,(H,11,12). The Hall–Kier alpha value is -1.07. The second-order valence-electron chi connectivity index (χ2n) is 3.58. The van der Waals surface area contributed by atoms with Gasteiger partial charge in [-0.3, -0.25) is 0 Å². The predicted molar refractivity (Wildman–Crippen MR) is 61.1 cm³/mol. The van der Waals surface area contributed by atoms with E-state index in [4.69, 9.17) is 4.74 Å². The summed E-state index contributed by atoms with van der Waals surface area (Å²) in [5, 5.41) is 3.27. The zero-order valence-corrected chi connectivity index (χ0v) is 9.73. The molecule has 0 atom stereocenters. The van der Waals surface area contributed by atoms with Gasteiger partial charge in [-0.2, -0.15) is 0 Å². The highest BCUT2D eigenvalue weighted by atomic mass is 16.5. The lowest BCUT2D eigenvalue weighted by Gasteiger charge is -2.16. The van der Waals surface area contributed by atoms with Crippen molar-refractivity contribution in [3.05, 3.63) is 12.4 Å². The lowest BCUT2D eigenvalue weighted by Crippen LogP contribution is -2.28. The van der Waals surface area contributed by atoms with Crippen LogP contribution in [0.1, 0.15) is 0 Å². The fourth-order valence-electron chi connectivity index (χ4n) is 1.25. The number of methoxy groups -OCH3 is 1. The summed E-state index contributed by atoms with van der Waals surface area (Å²) in [7, 11) is 5.78. The Morgan fingerprint density at radius 3 is 2.93 bits per heavy atom. The number of hydrogen-bond acceptors (Lipinski definition) is 4. The minimum absolute atomic E-state index is 0.777. The van der Waals surface area contributed by atoms with E-state index in [0.29, 0.717) is 0 Å². The lowest BCUT2D eigenvalue weighted by atomic mass is 10.5. The molecule has 1 heterocycles. The number of hydrogen-bond donors (Lipinski definition) is 1. The largest absolute Gasteiger partial charge is 0.383 e. The first-order valence-electron chi connectivity index (χ1n) is 5.12. The minimum atomic E-state index is 0.777. The summed E-state index contributed by atoms with van der Waals surface area (Å²) in [6.07, 6.45) is 3.72. The second-order valence-corrected chi connectivity index (χ2v) is 3.58. The molecule has 1 N–H and O–H groups in total. The van der Waals surface area contributed by atoms with Gasteiger partial charge in [0.2, 0.25) is 5.95 Å². The summed E-state index contributed by atoms with van der Waals surface area (Å²) in [5.41, 5.74) is 0. The Bertz CT molecular complexity index is 274. The van der Waals surface area contributed by atoms with Gasteiger partial charge in [-0.15, -0.1) is 0 Å². The molecule has 5 heteroatoms. The Morgan fingerprint density at radius 1 is 1.53 bits per heavy atom. The normalized spacial score (nSPS) is 10.9. The minimum Gasteiger partial charge on any atom is -0.383 e. The van der Waals surface area contributed by atoms with Crippen LogP contribution in [0.4, 0.5) is 5.95 Å². The van der Waals surface area contributed by atoms with Gasteiger partial charge in [-0.05, 0) is 7.05 Å². The van der Waals surface area contributed by atoms with Gasteiger partial charge in [0.1, 0.15) is 0 Å². The van der Waals surface area contributed by atoms with Crippen molar-refractivity contribution in [2.24, 2.45) is 7.05 Å². The van der Waals surface area contributed by atoms with Crippen LogP contribution >= 0.6 is 0 Å². The van der Waals surface area contributed by atoms with Crippen molar-refractivity contribution in [2.75, 3.05) is 45.7 Å². The number of anilines is 1. The Balaban J connectivity index is 2.13. The molecule has 5 nitrogen and oxygen atoms in total. The van der Waals surface area contributed by atoms with Crippen molar-refractivity contribution < 1.29 is 4.74 Å². The van der Waals surface area contributed by atoms with Crippen molar-refractivity contribution in [3.8, 4) is 0 Å². The molecule has 0 amide bonds. The highest BCUT2D eigenvalue weighted by molar-refractivity contribution is 5.24. The summed E-state index contributed by atoms with van der Waals surface area (Å²) in [5.74, 6) is 0.912. The third-order valence-electron chi connectivity index (χ3n) is 2.27. The Labute approximate surface area is 91.0 Å². The molecule has 0 unspecified atom stereocenters. The molecule has 0 aliphatic heterocycles. The first-order valence-corrected chi connectivity index (χ1v) is 5.12. The molecule has 0 aromatic carbocycles. The van der Waals surface area contributed by atoms with E-state index in [1.54, 1.807) is 13.3 Å². The first kappa shape index (κ1) is 12.0. The number of likely N-dealkylation sites (N-methyl/N-ethyl adjacent to an activating group) is 1. The fourth-order valence-corrected chi connectivity index (χ4v) is 1.25. The van der Waals surface area contributed by atoms with E-state index < -0.39 is 0 Å². The topological polar surface area (TPSA) is 42.3 Å². The number of nitrogens with one attached hydrogen (secondary N) is 1. The van der Waals surface area contributed by atoms with E-state index in [1.807, 2.05) is 17.8 Å². The zero-order valence-electron chi connectivity index (χ0n) is 9.73. The van der Waals surface area contributed by atoms with Gasteiger partial charge >= 0.3 is 0 Å². The maximum Gasteiger partial charge on any atom is 0.202 e. The van der Waals surface area contributed by atoms with Gasteiger partial charge in [0.25, 0.3) is 0 Å². The van der Waals surface area contributed by atoms with Crippen LogP contribution in [0.2, 0.25) is 0 Å². The molecule has 1 aromatic rings. The van der Waals surface area contributed by atoms with E-state index in [1.165, 1.54) is 0 Å². The third kappa shape index (κ3) is 4.31. The predicted octanol–water partition coefficient (Wildman–Crippen LogP) is 0.410. The number of aromatic nitrogens is 2. The van der Waals surface area contributed by atoms with E-state index in [2.05, 4.69) is 22.2 Å². The average molecular weight is 212 g/mol. The molecule has 0 radical (unpaired) electrons. The quantitative estimate of drug-likeness (QED) is 0.711. The summed E-state index contributed by atoms with van der Waals surface area (Å²) in [4.78, 5) is 6.41. The first-order chi connectivity index (χ1) is 7.24. The van der Waals surface area contributed by atoms with Crippen molar-refractivity contribution in [1.29, 1.82) is 0 Å². The van der Waals surface area contributed by atoms with Crippen LogP contribution in [-0.4, -0.2) is 54.8 Å². The smallest absolute Gasteiger partial charge is 0.202 e. The third-order valence-corrected chi connectivity index (χ3v) is 2.27. The van der Waals surface area contributed by atoms with Gasteiger partial charge in [0.05, 0.1) is 6.61 Å². The molecule has 86 valence electrons. The van der Waals surface area contributed by atoms with Crippen LogP contribution in [0.15, 0.2) is 12.4 Å². The Morgan fingerprint density at radius 2 is 2.33 bits per heavy atom. The van der Waals surface area contributed by atoms with Crippen molar-refractivity contribution in [2.45, 2.75) is 0 Å². The fraction of sp³-hybridized carbons (Fsp3) is 0.700. The van der Waals surface area contributed by atoms with Crippen LogP contribution in [0.3, 0.4) is 0 Å². The van der Waals surface area contributed by atoms with E-state index >= 15 is 0 Å². The molecule has 0 bridgehead atoms. The van der Waals surface area contributed by atoms with Crippen molar-refractivity contribution >= 4 is 5.95 Å². The molecular weight excluding hydrogens is 192 g/mol. The molecule has 1 aromatic heterocycles. The number of aryl methyl sites for hydroxylation is 1. The molecule has 15 heavy (non-hydrogen) atoms. The molecule has 0 spiro atoms. The molecule has 0 aliphatic carbocycles. The summed E-state index contributed by atoms with van der Waals surface area (Å²) in [6, 6.07) is 0. The molecule has 1 rings (SSSR count). The molecule has 0 saturated heterocycles. The molecule has 0 aliphatic rings. The Kier molecular flexibility index (Phi) is 5.14. The number of rotatable bonds is 7. The number of imidazole rings is 1. The van der Waals surface area contributed by atoms with Gasteiger partial charge < -0.3 is 19.5 Å². The van der Waals surface area contributed by atoms with Gasteiger partial charge in [-0.1, -0.05) is 0 Å². The van der Waals surface area contributed by atoms with Crippen LogP contribution in [0.5, 0.6) is 0 Å². The van der Waals surface area contributed by atoms with E-state index in [0.717, 1.165) is 32.2 Å². The van der Waals surface area contributed by atoms with Gasteiger partial charge in [-0.25, -0.2) is 4.98 Å². The zero-order chi connectivity index (χ0) is 11.1. The van der Waals surface area contributed by atoms with Gasteiger partial charge in [0.15, 0.2) is 0 Å². The van der Waals surface area contributed by atoms with Gasteiger partial charge in [0, 0.05) is 46.2 Å². The number of nitrogens with zero attached hydrogens (tertiary/aromatic N) is 3. The second kappa shape index (κ2) is 6.42. The summed E-state index contributed by atoms with van der Waals surface area (Å²) in [6.45, 7) is 3.61. The monoisotopic (exact) mass is 212 g/mol. The molecule has 0 saturated carbocycles. The van der Waals surface area contributed by atoms with E-state index in [-0.39, 0.29) is 0 Å². The van der Waals surface area contributed by atoms with Crippen LogP contribution in [-0.2, 0) is 11.8 Å². The maximum atomic E-state index is 5.01. The summed E-state index contributed by atoms with van der Waals surface area (Å²) < 4.78 is 6.97. The van der Waals surface area contributed by atoms with E-state index in [9.17, 15) is 0 Å². The van der Waals surface area contributed by atoms with Crippen molar-refractivity contribution in [3.63, 3.8) is 0 Å². The molecule has 0 fully saturated rings. The highest BCUT2D eigenvalue weighted by Gasteiger charge is 1.99. The molecular formula is C10H20N4O. The van der Waals surface area contributed by atoms with Crippen LogP contribution < -0.4 is 5.32 Å². The highest BCUT2D eigenvalue weighted by Crippen LogP contribution is 1.99. The lowest BCUT2D eigenvalue weighted by molar-refractivity contribution is 0.163. The summed E-state index contributed by atoms with van der Waals surface area (Å²) >= 11 is 0. The number of ether oxygens (including phenoxy) is 1. The average Bonchev–Trinajstić information content (AvgIpc) is 2.61.